The van der Waals surface area contributed by atoms with E-state index in [2.05, 4.69) is 43.6 Å². The lowest BCUT2D eigenvalue weighted by Gasteiger charge is -2.07. The number of halogens is 1. The van der Waals surface area contributed by atoms with Crippen molar-refractivity contribution in [3.63, 3.8) is 0 Å². The van der Waals surface area contributed by atoms with Gasteiger partial charge < -0.3 is 5.32 Å². The first-order chi connectivity index (χ1) is 15.1. The molecule has 7 nitrogen and oxygen atoms in total. The number of nitrogens with one attached hydrogen (secondary N) is 1. The third-order valence-electron chi connectivity index (χ3n) is 5.13. The monoisotopic (exact) mass is 412 g/mol. The quantitative estimate of drug-likeness (QED) is 0.489. The van der Waals surface area contributed by atoms with E-state index in [4.69, 9.17) is 0 Å². The predicted molar refractivity (Wildman–Crippen MR) is 114 cm³/mol. The van der Waals surface area contributed by atoms with Crippen molar-refractivity contribution in [3.8, 4) is 11.3 Å². The molecule has 0 aliphatic carbocycles. The van der Waals surface area contributed by atoms with Gasteiger partial charge in [0.1, 0.15) is 11.5 Å². The van der Waals surface area contributed by atoms with Crippen LogP contribution in [0.1, 0.15) is 21.6 Å². The number of carbonyl (C=O) groups excluding carboxylic acids is 1. The van der Waals surface area contributed by atoms with Gasteiger partial charge in [-0.05, 0) is 35.2 Å². The zero-order valence-corrected chi connectivity index (χ0v) is 16.6. The molecule has 0 aliphatic heterocycles. The maximum atomic E-state index is 14.4. The van der Waals surface area contributed by atoms with E-state index in [9.17, 15) is 9.18 Å². The normalized spacial score (nSPS) is 11.2. The third kappa shape index (κ3) is 3.48. The molecule has 0 radical (unpaired) electrons. The standard InChI is InChI=1S/C23H17FN6O/c1-25-22(31)19-5-4-16(10-20(19)24)21-13-28-23-27-12-18(30(23)29-21)9-14-2-3-15-6-7-26-11-17(15)8-14/h2-8,10-13H,9H2,1H3,(H,25,31). The van der Waals surface area contributed by atoms with Crippen LogP contribution in [0.15, 0.2) is 67.3 Å². The molecule has 3 aromatic heterocycles. The van der Waals surface area contributed by atoms with Gasteiger partial charge >= 0.3 is 0 Å². The van der Waals surface area contributed by atoms with Crippen molar-refractivity contribution in [2.45, 2.75) is 6.42 Å². The van der Waals surface area contributed by atoms with Crippen molar-refractivity contribution in [2.75, 3.05) is 7.05 Å². The number of hydrogen-bond acceptors (Lipinski definition) is 5. The van der Waals surface area contributed by atoms with Crippen molar-refractivity contribution < 1.29 is 9.18 Å². The number of fused-ring (bicyclic) bond motifs is 2. The second-order valence-corrected chi connectivity index (χ2v) is 7.11. The fourth-order valence-corrected chi connectivity index (χ4v) is 3.52. The molecule has 1 N–H and O–H groups in total. The molecule has 3 heterocycles. The highest BCUT2D eigenvalue weighted by molar-refractivity contribution is 5.94. The van der Waals surface area contributed by atoms with Gasteiger partial charge in [0.2, 0.25) is 0 Å². The Balaban J connectivity index is 1.51. The van der Waals surface area contributed by atoms with E-state index >= 15 is 0 Å². The van der Waals surface area contributed by atoms with Gasteiger partial charge in [-0.15, -0.1) is 0 Å². The first kappa shape index (κ1) is 18.8. The maximum absolute atomic E-state index is 14.4. The number of pyridine rings is 1. The van der Waals surface area contributed by atoms with E-state index in [1.165, 1.54) is 19.2 Å². The Morgan fingerprint density at radius 3 is 2.74 bits per heavy atom. The SMILES string of the molecule is CNC(=O)c1ccc(-c2cnc3ncc(Cc4ccc5ccncc5c4)n3n2)cc1F. The summed E-state index contributed by atoms with van der Waals surface area (Å²) >= 11 is 0. The van der Waals surface area contributed by atoms with Crippen LogP contribution in [0.5, 0.6) is 0 Å². The molecule has 1 amide bonds. The summed E-state index contributed by atoms with van der Waals surface area (Å²) in [5.41, 5.74) is 2.94. The molecule has 31 heavy (non-hydrogen) atoms. The molecule has 5 rings (SSSR count). The molecule has 0 unspecified atom stereocenters. The number of rotatable bonds is 4. The summed E-state index contributed by atoms with van der Waals surface area (Å²) in [4.78, 5) is 24.6. The third-order valence-corrected chi connectivity index (χ3v) is 5.13. The van der Waals surface area contributed by atoms with Gasteiger partial charge in [-0.1, -0.05) is 18.2 Å². The molecule has 0 bridgehead atoms. The number of imidazole rings is 1. The zero-order valence-electron chi connectivity index (χ0n) is 16.6. The summed E-state index contributed by atoms with van der Waals surface area (Å²) in [5, 5.41) is 9.22. The van der Waals surface area contributed by atoms with Gasteiger partial charge in [0.15, 0.2) is 0 Å². The van der Waals surface area contributed by atoms with Crippen molar-refractivity contribution in [2.24, 2.45) is 0 Å². The average molecular weight is 412 g/mol. The van der Waals surface area contributed by atoms with E-state index in [-0.39, 0.29) is 5.56 Å². The number of carbonyl (C=O) groups is 1. The number of aromatic nitrogens is 5. The van der Waals surface area contributed by atoms with Gasteiger partial charge in [0.05, 0.1) is 23.7 Å². The lowest BCUT2D eigenvalue weighted by Crippen LogP contribution is -2.19. The maximum Gasteiger partial charge on any atom is 0.253 e. The lowest BCUT2D eigenvalue weighted by molar-refractivity contribution is 0.0959. The van der Waals surface area contributed by atoms with E-state index in [1.54, 1.807) is 29.2 Å². The first-order valence-corrected chi connectivity index (χ1v) is 9.67. The van der Waals surface area contributed by atoms with Gasteiger partial charge in [0, 0.05) is 36.8 Å². The molecule has 0 saturated heterocycles. The topological polar surface area (TPSA) is 85.1 Å². The van der Waals surface area contributed by atoms with Crippen LogP contribution in [0.25, 0.3) is 27.8 Å². The van der Waals surface area contributed by atoms with Crippen molar-refractivity contribution in [1.29, 1.82) is 0 Å². The van der Waals surface area contributed by atoms with Crippen LogP contribution >= 0.6 is 0 Å². The first-order valence-electron chi connectivity index (χ1n) is 9.67. The fraction of sp³-hybridized carbons (Fsp3) is 0.0870. The molecule has 0 fully saturated rings. The summed E-state index contributed by atoms with van der Waals surface area (Å²) in [6.45, 7) is 0. The highest BCUT2D eigenvalue weighted by Crippen LogP contribution is 2.21. The molecule has 5 aromatic rings. The summed E-state index contributed by atoms with van der Waals surface area (Å²) in [6.07, 6.45) is 7.49. The van der Waals surface area contributed by atoms with E-state index < -0.39 is 11.7 Å². The molecule has 0 spiro atoms. The highest BCUT2D eigenvalue weighted by atomic mass is 19.1. The number of hydrogen-bond donors (Lipinski definition) is 1. The average Bonchev–Trinajstić information content (AvgIpc) is 3.20. The zero-order chi connectivity index (χ0) is 21.4. The van der Waals surface area contributed by atoms with Crippen molar-refractivity contribution in [1.82, 2.24) is 29.9 Å². The van der Waals surface area contributed by atoms with E-state index in [1.807, 2.05) is 12.3 Å². The Morgan fingerprint density at radius 2 is 1.90 bits per heavy atom. The second kappa shape index (κ2) is 7.56. The van der Waals surface area contributed by atoms with Crippen LogP contribution < -0.4 is 5.32 Å². The minimum absolute atomic E-state index is 0.0191. The molecule has 0 saturated carbocycles. The summed E-state index contributed by atoms with van der Waals surface area (Å²) < 4.78 is 16.0. The number of nitrogens with zero attached hydrogens (tertiary/aromatic N) is 5. The van der Waals surface area contributed by atoms with Crippen molar-refractivity contribution in [3.05, 3.63) is 89.9 Å². The minimum Gasteiger partial charge on any atom is -0.355 e. The summed E-state index contributed by atoms with van der Waals surface area (Å²) in [5.74, 6) is -0.633. The van der Waals surface area contributed by atoms with Gasteiger partial charge in [0.25, 0.3) is 11.7 Å². The van der Waals surface area contributed by atoms with Crippen LogP contribution in [0.4, 0.5) is 4.39 Å². The smallest absolute Gasteiger partial charge is 0.253 e. The van der Waals surface area contributed by atoms with Crippen LogP contribution in [-0.4, -0.2) is 37.5 Å². The van der Waals surface area contributed by atoms with Crippen molar-refractivity contribution >= 4 is 22.5 Å². The van der Waals surface area contributed by atoms with Gasteiger partial charge in [-0.2, -0.15) is 5.10 Å². The molecule has 0 atom stereocenters. The Bertz CT molecular complexity index is 1450. The Labute approximate surface area is 176 Å². The second-order valence-electron chi connectivity index (χ2n) is 7.11. The number of benzene rings is 2. The molecular formula is C23H17FN6O. The molecule has 2 aromatic carbocycles. The Morgan fingerprint density at radius 1 is 1.03 bits per heavy atom. The molecule has 8 heteroatoms. The van der Waals surface area contributed by atoms with E-state index in [0.717, 1.165) is 22.0 Å². The largest absolute Gasteiger partial charge is 0.355 e. The predicted octanol–water partition coefficient (Wildman–Crippen LogP) is 3.43. The molecule has 0 aliphatic rings. The summed E-state index contributed by atoms with van der Waals surface area (Å²) in [7, 11) is 1.46. The lowest BCUT2D eigenvalue weighted by atomic mass is 10.1. The summed E-state index contributed by atoms with van der Waals surface area (Å²) in [6, 6.07) is 12.6. The van der Waals surface area contributed by atoms with Crippen LogP contribution in [-0.2, 0) is 6.42 Å². The minimum atomic E-state index is -0.616. The molecular weight excluding hydrogens is 395 g/mol. The Kier molecular flexibility index (Phi) is 4.59. The van der Waals surface area contributed by atoms with Crippen LogP contribution in [0.2, 0.25) is 0 Å². The van der Waals surface area contributed by atoms with Crippen LogP contribution in [0, 0.1) is 5.82 Å². The van der Waals surface area contributed by atoms with Gasteiger partial charge in [-0.25, -0.2) is 18.9 Å². The van der Waals surface area contributed by atoms with Crippen LogP contribution in [0.3, 0.4) is 0 Å². The Hall–Kier alpha value is -4.20. The van der Waals surface area contributed by atoms with Gasteiger partial charge in [-0.3, -0.25) is 9.78 Å². The molecule has 152 valence electrons. The highest BCUT2D eigenvalue weighted by Gasteiger charge is 2.14. The fourth-order valence-electron chi connectivity index (χ4n) is 3.52. The van der Waals surface area contributed by atoms with E-state index in [0.29, 0.717) is 23.5 Å². The number of amides is 1.